The molecule has 0 radical (unpaired) electrons. The molecule has 0 saturated carbocycles. The second-order valence-corrected chi connectivity index (χ2v) is 7.64. The minimum absolute atomic E-state index is 0.0300. The van der Waals surface area contributed by atoms with E-state index in [1.54, 1.807) is 12.1 Å². The average molecular weight is 499 g/mol. The first-order valence-electron chi connectivity index (χ1n) is 10.6. The molecule has 2 aromatic rings. The van der Waals surface area contributed by atoms with Crippen molar-refractivity contribution in [3.05, 3.63) is 65.1 Å². The molecule has 12 heteroatoms. The van der Waals surface area contributed by atoms with Gasteiger partial charge in [-0.2, -0.15) is 13.2 Å². The van der Waals surface area contributed by atoms with Gasteiger partial charge in [0.2, 0.25) is 0 Å². The quantitative estimate of drug-likeness (QED) is 0.471. The van der Waals surface area contributed by atoms with E-state index in [0.29, 0.717) is 25.1 Å². The number of hydrogen-bond donors (Lipinski definition) is 4. The molecule has 0 saturated heterocycles. The molecule has 3 heterocycles. The van der Waals surface area contributed by atoms with Crippen molar-refractivity contribution in [2.24, 2.45) is 0 Å². The molecule has 4 N–H and O–H groups in total. The number of carboxylic acid groups (broad SMARTS) is 1. The number of carbonyl (C=O) groups is 2. The maximum atomic E-state index is 14.5. The lowest BCUT2D eigenvalue weighted by atomic mass is 9.98. The van der Waals surface area contributed by atoms with E-state index in [4.69, 9.17) is 14.3 Å². The van der Waals surface area contributed by atoms with Gasteiger partial charge in [-0.1, -0.05) is 12.2 Å². The number of alkyl halides is 3. The Balaban J connectivity index is 0.000000429. The molecular weight excluding hydrogens is 477 g/mol. The highest BCUT2D eigenvalue weighted by molar-refractivity contribution is 6.02. The number of aliphatic carboxylic acids is 1. The van der Waals surface area contributed by atoms with Crippen molar-refractivity contribution in [1.82, 2.24) is 10.6 Å². The first-order chi connectivity index (χ1) is 16.6. The zero-order valence-corrected chi connectivity index (χ0v) is 18.3. The summed E-state index contributed by atoms with van der Waals surface area (Å²) < 4.78 is 66.1. The van der Waals surface area contributed by atoms with Crippen LogP contribution in [0.25, 0.3) is 11.1 Å². The third-order valence-corrected chi connectivity index (χ3v) is 5.19. The van der Waals surface area contributed by atoms with Crippen molar-refractivity contribution in [1.29, 1.82) is 0 Å². The summed E-state index contributed by atoms with van der Waals surface area (Å²) in [6.45, 7) is 2.91. The van der Waals surface area contributed by atoms with Crippen LogP contribution in [-0.2, 0) is 4.79 Å². The van der Waals surface area contributed by atoms with Gasteiger partial charge in [0, 0.05) is 29.9 Å². The number of anilines is 1. The van der Waals surface area contributed by atoms with Crippen molar-refractivity contribution in [3.8, 4) is 0 Å². The number of halogens is 5. The molecule has 1 amide bonds. The van der Waals surface area contributed by atoms with Crippen molar-refractivity contribution in [2.75, 3.05) is 31.5 Å². The van der Waals surface area contributed by atoms with Crippen molar-refractivity contribution >= 4 is 28.7 Å². The SMILES string of the molecule is O=C(Nc1cc(F)c(C2=CCNCC2)c(F)c1)c1cc(C2=CCNCC2)co1.O=C(O)C(F)(F)F. The highest BCUT2D eigenvalue weighted by Crippen LogP contribution is 2.29. The summed E-state index contributed by atoms with van der Waals surface area (Å²) in [6.07, 6.45) is 1.68. The molecule has 35 heavy (non-hydrogen) atoms. The Bertz CT molecular complexity index is 1130. The average Bonchev–Trinajstić information content (AvgIpc) is 3.30. The van der Waals surface area contributed by atoms with Gasteiger partial charge < -0.3 is 25.5 Å². The van der Waals surface area contributed by atoms with Gasteiger partial charge in [-0.05, 0) is 55.3 Å². The first-order valence-corrected chi connectivity index (χ1v) is 10.6. The van der Waals surface area contributed by atoms with Crippen LogP contribution in [0.1, 0.15) is 34.5 Å². The number of nitrogens with one attached hydrogen (secondary N) is 3. The Hall–Kier alpha value is -3.51. The largest absolute Gasteiger partial charge is 0.490 e. The smallest absolute Gasteiger partial charge is 0.475 e. The number of benzene rings is 1. The third kappa shape index (κ3) is 6.99. The van der Waals surface area contributed by atoms with E-state index in [0.717, 1.165) is 42.8 Å². The zero-order chi connectivity index (χ0) is 25.6. The van der Waals surface area contributed by atoms with Crippen LogP contribution in [0, 0.1) is 11.6 Å². The van der Waals surface area contributed by atoms with Crippen molar-refractivity contribution in [3.63, 3.8) is 0 Å². The molecule has 0 spiro atoms. The lowest BCUT2D eigenvalue weighted by molar-refractivity contribution is -0.192. The van der Waals surface area contributed by atoms with E-state index < -0.39 is 29.7 Å². The van der Waals surface area contributed by atoms with E-state index in [-0.39, 0.29) is 17.0 Å². The fraction of sp³-hybridized carbons (Fsp3) is 0.304. The van der Waals surface area contributed by atoms with Crippen LogP contribution in [0.4, 0.5) is 27.6 Å². The van der Waals surface area contributed by atoms with Gasteiger partial charge in [-0.25, -0.2) is 13.6 Å². The summed E-state index contributed by atoms with van der Waals surface area (Å²) in [5.74, 6) is -4.59. The van der Waals surface area contributed by atoms with Gasteiger partial charge in [-0.15, -0.1) is 0 Å². The molecule has 0 unspecified atom stereocenters. The van der Waals surface area contributed by atoms with Crippen LogP contribution in [0.3, 0.4) is 0 Å². The number of amides is 1. The van der Waals surface area contributed by atoms with E-state index in [2.05, 4.69) is 22.0 Å². The Morgan fingerprint density at radius 2 is 1.49 bits per heavy atom. The second kappa shape index (κ2) is 11.3. The van der Waals surface area contributed by atoms with E-state index >= 15 is 0 Å². The van der Waals surface area contributed by atoms with Crippen LogP contribution >= 0.6 is 0 Å². The fourth-order valence-corrected chi connectivity index (χ4v) is 3.50. The summed E-state index contributed by atoms with van der Waals surface area (Å²) >= 11 is 0. The van der Waals surface area contributed by atoms with E-state index in [1.807, 2.05) is 0 Å². The number of hydrogen-bond acceptors (Lipinski definition) is 5. The lowest BCUT2D eigenvalue weighted by Gasteiger charge is -2.16. The first kappa shape index (κ1) is 26.1. The van der Waals surface area contributed by atoms with Gasteiger partial charge in [-0.3, -0.25) is 4.79 Å². The Kier molecular flexibility index (Phi) is 8.41. The predicted molar refractivity (Wildman–Crippen MR) is 118 cm³/mol. The summed E-state index contributed by atoms with van der Waals surface area (Å²) in [4.78, 5) is 21.3. The topological polar surface area (TPSA) is 104 Å². The monoisotopic (exact) mass is 499 g/mol. The summed E-state index contributed by atoms with van der Waals surface area (Å²) in [5.41, 5.74) is 2.61. The van der Waals surface area contributed by atoms with Gasteiger partial charge in [0.05, 0.1) is 6.26 Å². The number of rotatable bonds is 4. The van der Waals surface area contributed by atoms with Gasteiger partial charge in [0.15, 0.2) is 5.76 Å². The van der Waals surface area contributed by atoms with Gasteiger partial charge in [0.1, 0.15) is 11.6 Å². The molecule has 2 aliphatic rings. The standard InChI is InChI=1S/C21H21F2N3O2.C2HF3O2/c22-17-10-16(11-18(23)20(17)14-3-7-25-8-4-14)26-21(27)19-9-15(12-28-19)13-1-5-24-6-2-13;3-2(4,5)1(6)7/h1,3,9-12,24-25H,2,4-8H2,(H,26,27);(H,6,7). The van der Waals surface area contributed by atoms with Crippen LogP contribution in [0.2, 0.25) is 0 Å². The predicted octanol–water partition coefficient (Wildman–Crippen LogP) is 4.20. The van der Waals surface area contributed by atoms with E-state index in [1.165, 1.54) is 6.26 Å². The number of carboxylic acids is 1. The molecule has 0 fully saturated rings. The van der Waals surface area contributed by atoms with Crippen molar-refractivity contribution in [2.45, 2.75) is 19.0 Å². The van der Waals surface area contributed by atoms with Gasteiger partial charge in [0.25, 0.3) is 5.91 Å². The minimum atomic E-state index is -5.08. The minimum Gasteiger partial charge on any atom is -0.475 e. The summed E-state index contributed by atoms with van der Waals surface area (Å²) in [7, 11) is 0. The Morgan fingerprint density at radius 3 is 1.97 bits per heavy atom. The van der Waals surface area contributed by atoms with Gasteiger partial charge >= 0.3 is 12.1 Å². The maximum absolute atomic E-state index is 14.5. The molecule has 188 valence electrons. The van der Waals surface area contributed by atoms with Crippen molar-refractivity contribution < 1.29 is 41.1 Å². The zero-order valence-electron chi connectivity index (χ0n) is 18.3. The van der Waals surface area contributed by atoms with Crippen LogP contribution < -0.4 is 16.0 Å². The Morgan fingerprint density at radius 1 is 0.943 bits per heavy atom. The second-order valence-electron chi connectivity index (χ2n) is 7.64. The Labute approximate surface area is 196 Å². The molecule has 7 nitrogen and oxygen atoms in total. The normalized spacial score (nSPS) is 15.9. The molecule has 1 aromatic heterocycles. The molecular formula is C23H22F5N3O4. The van der Waals surface area contributed by atoms with Crippen LogP contribution in [-0.4, -0.2) is 49.3 Å². The molecule has 2 aliphatic heterocycles. The summed E-state index contributed by atoms with van der Waals surface area (Å²) in [6, 6.07) is 3.92. The van der Waals surface area contributed by atoms with Crippen LogP contribution in [0.15, 0.2) is 41.0 Å². The summed E-state index contributed by atoms with van der Waals surface area (Å²) in [5, 5.41) is 16.0. The molecule has 1 aromatic carbocycles. The third-order valence-electron chi connectivity index (χ3n) is 5.19. The fourth-order valence-electron chi connectivity index (χ4n) is 3.50. The molecule has 4 rings (SSSR count). The van der Waals surface area contributed by atoms with E-state index in [9.17, 15) is 26.7 Å². The van der Waals surface area contributed by atoms with Crippen LogP contribution in [0.5, 0.6) is 0 Å². The molecule has 0 atom stereocenters. The molecule has 0 aliphatic carbocycles. The molecule has 0 bridgehead atoms. The lowest BCUT2D eigenvalue weighted by Crippen LogP contribution is -2.21. The highest BCUT2D eigenvalue weighted by atomic mass is 19.4. The number of carbonyl (C=O) groups excluding carboxylic acids is 1. The highest BCUT2D eigenvalue weighted by Gasteiger charge is 2.38. The maximum Gasteiger partial charge on any atom is 0.490 e. The number of furan rings is 1.